The number of nitrogens with one attached hydrogen (secondary N) is 1. The summed E-state index contributed by atoms with van der Waals surface area (Å²) in [7, 11) is 0. The number of carbonyl (C=O) groups is 1. The lowest BCUT2D eigenvalue weighted by Crippen LogP contribution is -2.48. The van der Waals surface area contributed by atoms with Crippen molar-refractivity contribution in [3.8, 4) is 0 Å². The summed E-state index contributed by atoms with van der Waals surface area (Å²) in [5, 5.41) is 3.52. The Balaban J connectivity index is 2.43. The van der Waals surface area contributed by atoms with E-state index in [-0.39, 0.29) is 0 Å². The summed E-state index contributed by atoms with van der Waals surface area (Å²) in [5.74, 6) is 0.328. The van der Waals surface area contributed by atoms with E-state index in [4.69, 9.17) is 0 Å². The van der Waals surface area contributed by atoms with Gasteiger partial charge < -0.3 is 10.2 Å². The average molecular weight is 240 g/mol. The molecule has 17 heavy (non-hydrogen) atoms. The van der Waals surface area contributed by atoms with Crippen LogP contribution in [-0.4, -0.2) is 36.0 Å². The molecule has 1 fully saturated rings. The summed E-state index contributed by atoms with van der Waals surface area (Å²) in [6.45, 7) is 8.37. The SMILES string of the molecule is CCCCC(=O)N(CC1CCCCN1)C(C)C. The fourth-order valence-electron chi connectivity index (χ4n) is 2.39. The van der Waals surface area contributed by atoms with Crippen LogP contribution in [0, 0.1) is 0 Å². The second-order valence-corrected chi connectivity index (χ2v) is 5.39. The first kappa shape index (κ1) is 14.5. The molecule has 3 heteroatoms. The highest BCUT2D eigenvalue weighted by atomic mass is 16.2. The van der Waals surface area contributed by atoms with Gasteiger partial charge in [0.2, 0.25) is 5.91 Å². The minimum atomic E-state index is 0.322. The van der Waals surface area contributed by atoms with Gasteiger partial charge in [0, 0.05) is 25.0 Å². The van der Waals surface area contributed by atoms with Crippen molar-refractivity contribution in [1.82, 2.24) is 10.2 Å². The molecule has 0 radical (unpaired) electrons. The number of rotatable bonds is 6. The molecule has 1 rings (SSSR count). The van der Waals surface area contributed by atoms with Gasteiger partial charge in [0.05, 0.1) is 0 Å². The Hall–Kier alpha value is -0.570. The lowest BCUT2D eigenvalue weighted by Gasteiger charge is -2.33. The molecule has 1 saturated heterocycles. The molecule has 0 aromatic carbocycles. The maximum absolute atomic E-state index is 12.1. The Labute approximate surface area is 106 Å². The van der Waals surface area contributed by atoms with E-state index in [1.807, 2.05) is 0 Å². The molecule has 1 unspecified atom stereocenters. The molecular formula is C14H28N2O. The predicted octanol–water partition coefficient (Wildman–Crippen LogP) is 2.56. The van der Waals surface area contributed by atoms with Crippen LogP contribution in [0.2, 0.25) is 0 Å². The third kappa shape index (κ3) is 5.07. The van der Waals surface area contributed by atoms with Gasteiger partial charge in [0.15, 0.2) is 0 Å². The second-order valence-electron chi connectivity index (χ2n) is 5.39. The van der Waals surface area contributed by atoms with E-state index in [0.717, 1.165) is 25.9 Å². The molecule has 1 N–H and O–H groups in total. The quantitative estimate of drug-likeness (QED) is 0.774. The lowest BCUT2D eigenvalue weighted by molar-refractivity contribution is -0.133. The second kappa shape index (κ2) is 7.70. The van der Waals surface area contributed by atoms with Crippen LogP contribution in [0.5, 0.6) is 0 Å². The minimum absolute atomic E-state index is 0.322. The van der Waals surface area contributed by atoms with Gasteiger partial charge in [-0.25, -0.2) is 0 Å². The first-order chi connectivity index (χ1) is 8.15. The standard InChI is InChI=1S/C14H28N2O/c1-4-5-9-14(17)16(12(2)3)11-13-8-6-7-10-15-13/h12-13,15H,4-11H2,1-3H3. The van der Waals surface area contributed by atoms with Gasteiger partial charge in [-0.15, -0.1) is 0 Å². The Kier molecular flexibility index (Phi) is 6.56. The van der Waals surface area contributed by atoms with Crippen molar-refractivity contribution < 1.29 is 4.79 Å². The molecule has 0 aliphatic carbocycles. The number of hydrogen-bond donors (Lipinski definition) is 1. The van der Waals surface area contributed by atoms with Crippen LogP contribution in [0.4, 0.5) is 0 Å². The van der Waals surface area contributed by atoms with Crippen LogP contribution < -0.4 is 5.32 Å². The van der Waals surface area contributed by atoms with Crippen molar-refractivity contribution >= 4 is 5.91 Å². The van der Waals surface area contributed by atoms with E-state index in [0.29, 0.717) is 24.4 Å². The van der Waals surface area contributed by atoms with Crippen molar-refractivity contribution in [2.45, 2.75) is 71.4 Å². The van der Waals surface area contributed by atoms with Crippen molar-refractivity contribution in [1.29, 1.82) is 0 Å². The molecule has 3 nitrogen and oxygen atoms in total. The van der Waals surface area contributed by atoms with E-state index >= 15 is 0 Å². The van der Waals surface area contributed by atoms with Gasteiger partial charge >= 0.3 is 0 Å². The molecular weight excluding hydrogens is 212 g/mol. The van der Waals surface area contributed by atoms with Crippen LogP contribution in [0.15, 0.2) is 0 Å². The highest BCUT2D eigenvalue weighted by molar-refractivity contribution is 5.76. The molecule has 0 bridgehead atoms. The molecule has 0 aromatic heterocycles. The molecule has 1 aliphatic rings. The summed E-state index contributed by atoms with van der Waals surface area (Å²) in [5.41, 5.74) is 0. The van der Waals surface area contributed by atoms with Crippen LogP contribution >= 0.6 is 0 Å². The minimum Gasteiger partial charge on any atom is -0.339 e. The van der Waals surface area contributed by atoms with E-state index in [2.05, 4.69) is 31.0 Å². The van der Waals surface area contributed by atoms with Gasteiger partial charge in [-0.1, -0.05) is 19.8 Å². The molecule has 1 aliphatic heterocycles. The first-order valence-corrected chi connectivity index (χ1v) is 7.18. The van der Waals surface area contributed by atoms with Crippen LogP contribution in [0.3, 0.4) is 0 Å². The van der Waals surface area contributed by atoms with Gasteiger partial charge in [0.25, 0.3) is 0 Å². The van der Waals surface area contributed by atoms with Gasteiger partial charge in [0.1, 0.15) is 0 Å². The van der Waals surface area contributed by atoms with Crippen molar-refractivity contribution in [2.24, 2.45) is 0 Å². The number of unbranched alkanes of at least 4 members (excludes halogenated alkanes) is 1. The van der Waals surface area contributed by atoms with Crippen LogP contribution in [-0.2, 0) is 4.79 Å². The van der Waals surface area contributed by atoms with E-state index in [1.165, 1.54) is 19.3 Å². The summed E-state index contributed by atoms with van der Waals surface area (Å²) in [4.78, 5) is 14.2. The highest BCUT2D eigenvalue weighted by Gasteiger charge is 2.21. The van der Waals surface area contributed by atoms with Crippen molar-refractivity contribution in [3.05, 3.63) is 0 Å². The third-order valence-electron chi connectivity index (χ3n) is 3.52. The zero-order chi connectivity index (χ0) is 12.7. The largest absolute Gasteiger partial charge is 0.339 e. The Morgan fingerprint density at radius 2 is 2.18 bits per heavy atom. The topological polar surface area (TPSA) is 32.3 Å². The van der Waals surface area contributed by atoms with E-state index < -0.39 is 0 Å². The highest BCUT2D eigenvalue weighted by Crippen LogP contribution is 2.12. The van der Waals surface area contributed by atoms with Gasteiger partial charge in [-0.3, -0.25) is 4.79 Å². The fraction of sp³-hybridized carbons (Fsp3) is 0.929. The molecule has 1 heterocycles. The maximum atomic E-state index is 12.1. The van der Waals surface area contributed by atoms with Crippen molar-refractivity contribution in [3.63, 3.8) is 0 Å². The monoisotopic (exact) mass is 240 g/mol. The average Bonchev–Trinajstić information content (AvgIpc) is 2.34. The smallest absolute Gasteiger partial charge is 0.222 e. The molecule has 0 saturated carbocycles. The predicted molar refractivity (Wildman–Crippen MR) is 72.0 cm³/mol. The lowest BCUT2D eigenvalue weighted by atomic mass is 10.0. The molecule has 0 aromatic rings. The first-order valence-electron chi connectivity index (χ1n) is 7.18. The van der Waals surface area contributed by atoms with Gasteiger partial charge in [-0.2, -0.15) is 0 Å². The Bertz CT molecular complexity index is 222. The molecule has 1 atom stereocenters. The number of piperidine rings is 1. The zero-order valence-electron chi connectivity index (χ0n) is 11.7. The van der Waals surface area contributed by atoms with Crippen LogP contribution in [0.25, 0.3) is 0 Å². The molecule has 100 valence electrons. The number of hydrogen-bond acceptors (Lipinski definition) is 2. The number of carbonyl (C=O) groups excluding carboxylic acids is 1. The number of nitrogens with zero attached hydrogens (tertiary/aromatic N) is 1. The fourth-order valence-corrected chi connectivity index (χ4v) is 2.39. The zero-order valence-corrected chi connectivity index (χ0v) is 11.7. The molecule has 0 spiro atoms. The Morgan fingerprint density at radius 3 is 2.71 bits per heavy atom. The van der Waals surface area contributed by atoms with Crippen molar-refractivity contribution in [2.75, 3.05) is 13.1 Å². The maximum Gasteiger partial charge on any atom is 0.222 e. The summed E-state index contributed by atoms with van der Waals surface area (Å²) in [6.07, 6.45) is 6.61. The van der Waals surface area contributed by atoms with E-state index in [9.17, 15) is 4.79 Å². The Morgan fingerprint density at radius 1 is 1.41 bits per heavy atom. The van der Waals surface area contributed by atoms with Gasteiger partial charge in [-0.05, 0) is 39.7 Å². The summed E-state index contributed by atoms with van der Waals surface area (Å²) >= 11 is 0. The van der Waals surface area contributed by atoms with E-state index in [1.54, 1.807) is 0 Å². The number of amides is 1. The summed E-state index contributed by atoms with van der Waals surface area (Å²) < 4.78 is 0. The van der Waals surface area contributed by atoms with Crippen LogP contribution in [0.1, 0.15) is 59.3 Å². The third-order valence-corrected chi connectivity index (χ3v) is 3.52. The summed E-state index contributed by atoms with van der Waals surface area (Å²) in [6, 6.07) is 0.833. The normalized spacial score (nSPS) is 20.6. The molecule has 1 amide bonds.